The molecular formula is C23H28N6O2. The minimum Gasteiger partial charge on any atom is -0.354 e. The predicted molar refractivity (Wildman–Crippen MR) is 125 cm³/mol. The van der Waals surface area contributed by atoms with Crippen molar-refractivity contribution in [3.05, 3.63) is 68.9 Å². The Labute approximate surface area is 180 Å². The van der Waals surface area contributed by atoms with Crippen molar-refractivity contribution in [2.75, 3.05) is 31.5 Å². The SMILES string of the molecule is CCN(CC)CCNc1nc2c(c(=O)[nH]c(=O)n2C)n1Cc1cccc2ccccc12. The molecule has 8 heteroatoms. The van der Waals surface area contributed by atoms with Crippen LogP contribution in [-0.2, 0) is 13.6 Å². The Morgan fingerprint density at radius 2 is 1.81 bits per heavy atom. The molecular weight excluding hydrogens is 392 g/mol. The maximum absolute atomic E-state index is 12.7. The maximum Gasteiger partial charge on any atom is 0.329 e. The summed E-state index contributed by atoms with van der Waals surface area (Å²) in [4.78, 5) is 34.2. The van der Waals surface area contributed by atoms with Gasteiger partial charge in [-0.2, -0.15) is 4.98 Å². The van der Waals surface area contributed by atoms with Gasteiger partial charge < -0.3 is 10.2 Å². The highest BCUT2D eigenvalue weighted by Gasteiger charge is 2.18. The van der Waals surface area contributed by atoms with E-state index >= 15 is 0 Å². The van der Waals surface area contributed by atoms with Crippen LogP contribution < -0.4 is 16.6 Å². The average molecular weight is 421 g/mol. The summed E-state index contributed by atoms with van der Waals surface area (Å²) in [7, 11) is 1.62. The third-order valence-electron chi connectivity index (χ3n) is 5.82. The van der Waals surface area contributed by atoms with Crippen molar-refractivity contribution >= 4 is 27.9 Å². The van der Waals surface area contributed by atoms with E-state index in [4.69, 9.17) is 0 Å². The molecule has 0 aliphatic heterocycles. The summed E-state index contributed by atoms with van der Waals surface area (Å²) >= 11 is 0. The lowest BCUT2D eigenvalue weighted by molar-refractivity contribution is 0.315. The number of imidazole rings is 1. The zero-order valence-electron chi connectivity index (χ0n) is 18.2. The zero-order chi connectivity index (χ0) is 22.0. The smallest absolute Gasteiger partial charge is 0.329 e. The summed E-state index contributed by atoms with van der Waals surface area (Å²) in [6.07, 6.45) is 0. The van der Waals surface area contributed by atoms with Gasteiger partial charge in [0.25, 0.3) is 5.56 Å². The van der Waals surface area contributed by atoms with Crippen molar-refractivity contribution < 1.29 is 0 Å². The normalized spacial score (nSPS) is 11.6. The molecule has 0 amide bonds. The van der Waals surface area contributed by atoms with Crippen LogP contribution in [-0.4, -0.2) is 50.2 Å². The monoisotopic (exact) mass is 420 g/mol. The molecule has 2 aromatic carbocycles. The molecule has 2 N–H and O–H groups in total. The highest BCUT2D eigenvalue weighted by Crippen LogP contribution is 2.23. The standard InChI is InChI=1S/C23H28N6O2/c1-4-28(5-2)14-13-24-22-25-20-19(21(30)26-23(31)27(20)3)29(22)15-17-11-8-10-16-9-6-7-12-18(16)17/h6-12H,4-5,13-15H2,1-3H3,(H,24,25)(H,26,30,31). The van der Waals surface area contributed by atoms with E-state index in [2.05, 4.69) is 58.3 Å². The van der Waals surface area contributed by atoms with Crippen molar-refractivity contribution in [1.29, 1.82) is 0 Å². The number of fused-ring (bicyclic) bond motifs is 2. The number of H-pyrrole nitrogens is 1. The van der Waals surface area contributed by atoms with Crippen LogP contribution in [0, 0.1) is 0 Å². The number of nitrogens with zero attached hydrogens (tertiary/aromatic N) is 4. The molecule has 0 atom stereocenters. The molecule has 0 saturated heterocycles. The molecule has 4 rings (SSSR count). The van der Waals surface area contributed by atoms with E-state index in [0.29, 0.717) is 30.2 Å². The molecule has 0 saturated carbocycles. The van der Waals surface area contributed by atoms with Crippen LogP contribution in [0.5, 0.6) is 0 Å². The largest absolute Gasteiger partial charge is 0.354 e. The number of likely N-dealkylation sites (N-methyl/N-ethyl adjacent to an activating group) is 1. The maximum atomic E-state index is 12.7. The number of anilines is 1. The predicted octanol–water partition coefficient (Wildman–Crippen LogP) is 2.38. The lowest BCUT2D eigenvalue weighted by Gasteiger charge is -2.18. The van der Waals surface area contributed by atoms with Gasteiger partial charge in [0, 0.05) is 20.1 Å². The fourth-order valence-electron chi connectivity index (χ4n) is 3.99. The number of aromatic amines is 1. The zero-order valence-corrected chi connectivity index (χ0v) is 18.2. The van der Waals surface area contributed by atoms with Gasteiger partial charge in [-0.15, -0.1) is 0 Å². The second-order valence-electron chi connectivity index (χ2n) is 7.60. The Hall–Kier alpha value is -3.39. The van der Waals surface area contributed by atoms with Crippen LogP contribution in [0.15, 0.2) is 52.1 Å². The van der Waals surface area contributed by atoms with Gasteiger partial charge in [0.2, 0.25) is 5.95 Å². The number of hydrogen-bond donors (Lipinski definition) is 2. The first kappa shape index (κ1) is 20.9. The first-order valence-electron chi connectivity index (χ1n) is 10.7. The van der Waals surface area contributed by atoms with Gasteiger partial charge >= 0.3 is 5.69 Å². The summed E-state index contributed by atoms with van der Waals surface area (Å²) in [5.41, 5.74) is 0.946. The molecule has 0 fully saturated rings. The Morgan fingerprint density at radius 3 is 2.58 bits per heavy atom. The lowest BCUT2D eigenvalue weighted by Crippen LogP contribution is -2.29. The molecule has 0 radical (unpaired) electrons. The summed E-state index contributed by atoms with van der Waals surface area (Å²) in [5, 5.41) is 5.65. The van der Waals surface area contributed by atoms with Crippen molar-refractivity contribution in [1.82, 2.24) is 24.0 Å². The number of rotatable bonds is 8. The van der Waals surface area contributed by atoms with Gasteiger partial charge in [0.15, 0.2) is 11.2 Å². The average Bonchev–Trinajstić information content (AvgIpc) is 3.14. The number of nitrogens with one attached hydrogen (secondary N) is 2. The van der Waals surface area contributed by atoms with Crippen LogP contribution in [0.3, 0.4) is 0 Å². The fourth-order valence-corrected chi connectivity index (χ4v) is 3.99. The first-order chi connectivity index (χ1) is 15.0. The number of aryl methyl sites for hydroxylation is 1. The van der Waals surface area contributed by atoms with Gasteiger partial charge in [-0.1, -0.05) is 56.3 Å². The van der Waals surface area contributed by atoms with Gasteiger partial charge in [0.05, 0.1) is 6.54 Å². The van der Waals surface area contributed by atoms with E-state index < -0.39 is 11.2 Å². The minimum atomic E-state index is -0.470. The van der Waals surface area contributed by atoms with E-state index in [1.807, 2.05) is 22.8 Å². The van der Waals surface area contributed by atoms with Crippen molar-refractivity contribution in [2.45, 2.75) is 20.4 Å². The number of aromatic nitrogens is 4. The van der Waals surface area contributed by atoms with E-state index in [1.54, 1.807) is 7.05 Å². The highest BCUT2D eigenvalue weighted by molar-refractivity contribution is 5.86. The topological polar surface area (TPSA) is 88.0 Å². The van der Waals surface area contributed by atoms with Crippen molar-refractivity contribution in [3.63, 3.8) is 0 Å². The summed E-state index contributed by atoms with van der Waals surface area (Å²) < 4.78 is 3.25. The van der Waals surface area contributed by atoms with Crippen LogP contribution in [0.1, 0.15) is 19.4 Å². The summed E-state index contributed by atoms with van der Waals surface area (Å²) in [6, 6.07) is 14.3. The second-order valence-corrected chi connectivity index (χ2v) is 7.60. The van der Waals surface area contributed by atoms with E-state index in [-0.39, 0.29) is 0 Å². The second kappa shape index (κ2) is 8.77. The molecule has 0 bridgehead atoms. The van der Waals surface area contributed by atoms with Gasteiger partial charge in [-0.25, -0.2) is 4.79 Å². The Bertz CT molecular complexity index is 1320. The molecule has 0 aliphatic rings. The lowest BCUT2D eigenvalue weighted by atomic mass is 10.0. The third kappa shape index (κ3) is 3.98. The van der Waals surface area contributed by atoms with E-state index in [1.165, 1.54) is 4.57 Å². The molecule has 31 heavy (non-hydrogen) atoms. The number of benzene rings is 2. The van der Waals surface area contributed by atoms with Crippen molar-refractivity contribution in [3.8, 4) is 0 Å². The first-order valence-corrected chi connectivity index (χ1v) is 10.7. The Balaban J connectivity index is 1.80. The van der Waals surface area contributed by atoms with Crippen LogP contribution in [0.2, 0.25) is 0 Å². The van der Waals surface area contributed by atoms with Gasteiger partial charge in [0.1, 0.15) is 0 Å². The highest BCUT2D eigenvalue weighted by atomic mass is 16.2. The van der Waals surface area contributed by atoms with E-state index in [0.717, 1.165) is 36.0 Å². The minimum absolute atomic E-state index is 0.374. The summed E-state index contributed by atoms with van der Waals surface area (Å²) in [5.74, 6) is 0.585. The van der Waals surface area contributed by atoms with Crippen LogP contribution in [0.25, 0.3) is 21.9 Å². The molecule has 2 aromatic heterocycles. The fraction of sp³-hybridized carbons (Fsp3) is 0.348. The molecule has 4 aromatic rings. The third-order valence-corrected chi connectivity index (χ3v) is 5.82. The number of hydrogen-bond acceptors (Lipinski definition) is 5. The van der Waals surface area contributed by atoms with E-state index in [9.17, 15) is 9.59 Å². The van der Waals surface area contributed by atoms with Gasteiger partial charge in [-0.3, -0.25) is 18.9 Å². The molecule has 0 aliphatic carbocycles. The molecule has 8 nitrogen and oxygen atoms in total. The quantitative estimate of drug-likeness (QED) is 0.457. The van der Waals surface area contributed by atoms with Crippen LogP contribution >= 0.6 is 0 Å². The van der Waals surface area contributed by atoms with Crippen LogP contribution in [0.4, 0.5) is 5.95 Å². The Kier molecular flexibility index (Phi) is 5.90. The molecule has 0 spiro atoms. The molecule has 162 valence electrons. The van der Waals surface area contributed by atoms with Crippen molar-refractivity contribution in [2.24, 2.45) is 7.05 Å². The molecule has 2 heterocycles. The Morgan fingerprint density at radius 1 is 1.06 bits per heavy atom. The molecule has 0 unspecified atom stereocenters. The van der Waals surface area contributed by atoms with Gasteiger partial charge in [-0.05, 0) is 29.4 Å². The summed E-state index contributed by atoms with van der Waals surface area (Å²) in [6.45, 7) is 8.22.